The number of benzene rings is 2. The lowest BCUT2D eigenvalue weighted by Gasteiger charge is -2.41. The van der Waals surface area contributed by atoms with Crippen molar-refractivity contribution in [1.82, 2.24) is 9.80 Å². The molecule has 1 unspecified atom stereocenters. The third-order valence-electron chi connectivity index (χ3n) is 7.74. The third-order valence-corrected chi connectivity index (χ3v) is 7.74. The van der Waals surface area contributed by atoms with E-state index in [-0.39, 0.29) is 0 Å². The first-order valence-corrected chi connectivity index (χ1v) is 11.9. The van der Waals surface area contributed by atoms with Crippen LogP contribution in [0.3, 0.4) is 0 Å². The maximum atomic E-state index is 12.9. The predicted molar refractivity (Wildman–Crippen MR) is 121 cm³/mol. The second kappa shape index (κ2) is 8.55. The number of nitrogens with zero attached hydrogens (tertiary/aromatic N) is 2. The second-order valence-corrected chi connectivity index (χ2v) is 9.61. The number of carbonyl (C=O) groups is 1. The van der Waals surface area contributed by atoms with Gasteiger partial charge in [-0.15, -0.1) is 0 Å². The van der Waals surface area contributed by atoms with E-state index in [0.717, 1.165) is 25.9 Å². The summed E-state index contributed by atoms with van der Waals surface area (Å²) in [4.78, 5) is 17.9. The fourth-order valence-corrected chi connectivity index (χ4v) is 6.28. The van der Waals surface area contributed by atoms with Crippen LogP contribution < -0.4 is 0 Å². The normalized spacial score (nSPS) is 26.0. The minimum absolute atomic E-state index is 0.340. The van der Waals surface area contributed by atoms with Gasteiger partial charge in [0.05, 0.1) is 0 Å². The highest BCUT2D eigenvalue weighted by Gasteiger charge is 2.42. The Bertz CT molecular complexity index is 840. The monoisotopic (exact) mass is 402 g/mol. The van der Waals surface area contributed by atoms with E-state index in [1.165, 1.54) is 42.4 Å². The van der Waals surface area contributed by atoms with Gasteiger partial charge < -0.3 is 4.90 Å². The summed E-state index contributed by atoms with van der Waals surface area (Å²) < 4.78 is 0. The van der Waals surface area contributed by atoms with Crippen LogP contribution in [0.25, 0.3) is 0 Å². The van der Waals surface area contributed by atoms with Crippen molar-refractivity contribution >= 4 is 5.91 Å². The van der Waals surface area contributed by atoms with Crippen molar-refractivity contribution in [3.63, 3.8) is 0 Å². The zero-order chi connectivity index (χ0) is 20.5. The van der Waals surface area contributed by atoms with Gasteiger partial charge in [0.25, 0.3) is 0 Å². The highest BCUT2D eigenvalue weighted by molar-refractivity contribution is 5.76. The van der Waals surface area contributed by atoms with Crippen LogP contribution in [0.5, 0.6) is 0 Å². The van der Waals surface area contributed by atoms with Gasteiger partial charge in [-0.05, 0) is 61.1 Å². The number of rotatable bonds is 6. The summed E-state index contributed by atoms with van der Waals surface area (Å²) in [5.74, 6) is 0.987. The maximum absolute atomic E-state index is 12.9. The molecular formula is C27H34N2O. The Balaban J connectivity index is 1.25. The fraction of sp³-hybridized carbons (Fsp3) is 0.519. The minimum Gasteiger partial charge on any atom is -0.339 e. The lowest BCUT2D eigenvalue weighted by Crippen LogP contribution is -2.48. The molecule has 2 bridgehead atoms. The van der Waals surface area contributed by atoms with Gasteiger partial charge in [0.1, 0.15) is 0 Å². The summed E-state index contributed by atoms with van der Waals surface area (Å²) in [5, 5.41) is 0. The van der Waals surface area contributed by atoms with Crippen LogP contribution in [0, 0.1) is 5.92 Å². The standard InChI is InChI=1S/C27H34N2O/c1-2-27(30)29(26-16-22-10-6-7-11-23(22)17-26)19-21-14-24-12-13-25(15-21)28(24)18-20-8-4-3-5-9-20/h3-11,21,24-26H,2,12-19H2,1H3/t21?,24-,25+. The van der Waals surface area contributed by atoms with E-state index in [1.54, 1.807) is 0 Å². The molecule has 3 atom stereocenters. The van der Waals surface area contributed by atoms with Crippen LogP contribution in [0.2, 0.25) is 0 Å². The number of hydrogen-bond donors (Lipinski definition) is 0. The molecule has 5 rings (SSSR count). The SMILES string of the molecule is CCC(=O)N(CC1C[C@H]2CC[C@@H](C1)N2Cc1ccccc1)C1Cc2ccccc2C1. The zero-order valence-corrected chi connectivity index (χ0v) is 18.2. The highest BCUT2D eigenvalue weighted by atomic mass is 16.2. The molecule has 3 heteroatoms. The quantitative estimate of drug-likeness (QED) is 0.691. The summed E-state index contributed by atoms with van der Waals surface area (Å²) in [5.41, 5.74) is 4.31. The topological polar surface area (TPSA) is 23.6 Å². The molecule has 2 saturated heterocycles. The van der Waals surface area contributed by atoms with E-state index in [4.69, 9.17) is 0 Å². The van der Waals surface area contributed by atoms with Crippen molar-refractivity contribution in [2.24, 2.45) is 5.92 Å². The second-order valence-electron chi connectivity index (χ2n) is 9.61. The summed E-state index contributed by atoms with van der Waals surface area (Å²) >= 11 is 0. The van der Waals surface area contributed by atoms with Gasteiger partial charge in [-0.2, -0.15) is 0 Å². The van der Waals surface area contributed by atoms with Crippen LogP contribution in [0.1, 0.15) is 55.7 Å². The van der Waals surface area contributed by atoms with Gasteiger partial charge >= 0.3 is 0 Å². The third kappa shape index (κ3) is 3.92. The zero-order valence-electron chi connectivity index (χ0n) is 18.2. The number of carbonyl (C=O) groups excluding carboxylic acids is 1. The molecular weight excluding hydrogens is 368 g/mol. The van der Waals surface area contributed by atoms with Gasteiger partial charge in [-0.1, -0.05) is 61.5 Å². The first-order chi connectivity index (χ1) is 14.7. The Labute approximate surface area is 181 Å². The fourth-order valence-electron chi connectivity index (χ4n) is 6.28. The van der Waals surface area contributed by atoms with Crippen LogP contribution in [-0.4, -0.2) is 40.4 Å². The van der Waals surface area contributed by atoms with Crippen molar-refractivity contribution in [3.8, 4) is 0 Å². The van der Waals surface area contributed by atoms with Gasteiger partial charge in [-0.3, -0.25) is 9.69 Å². The maximum Gasteiger partial charge on any atom is 0.222 e. The van der Waals surface area contributed by atoms with E-state index in [2.05, 4.69) is 64.4 Å². The summed E-state index contributed by atoms with van der Waals surface area (Å²) in [7, 11) is 0. The minimum atomic E-state index is 0.340. The Morgan fingerprint density at radius 1 is 0.933 bits per heavy atom. The van der Waals surface area contributed by atoms with E-state index in [1.807, 2.05) is 6.92 Å². The lowest BCUT2D eigenvalue weighted by molar-refractivity contribution is -0.134. The number of amides is 1. The lowest BCUT2D eigenvalue weighted by atomic mass is 9.89. The Morgan fingerprint density at radius 2 is 1.53 bits per heavy atom. The number of fused-ring (bicyclic) bond motifs is 3. The molecule has 0 aromatic heterocycles. The molecule has 1 aliphatic carbocycles. The largest absolute Gasteiger partial charge is 0.339 e. The molecule has 30 heavy (non-hydrogen) atoms. The molecule has 158 valence electrons. The van der Waals surface area contributed by atoms with Crippen molar-refractivity contribution in [2.75, 3.05) is 6.54 Å². The summed E-state index contributed by atoms with van der Waals surface area (Å²) in [6.07, 6.45) is 7.82. The van der Waals surface area contributed by atoms with E-state index >= 15 is 0 Å². The summed E-state index contributed by atoms with van der Waals surface area (Å²) in [6.45, 7) is 4.06. The van der Waals surface area contributed by atoms with Crippen molar-refractivity contribution < 1.29 is 4.79 Å². The molecule has 0 saturated carbocycles. The molecule has 3 nitrogen and oxygen atoms in total. The smallest absolute Gasteiger partial charge is 0.222 e. The van der Waals surface area contributed by atoms with Gasteiger partial charge in [0.2, 0.25) is 5.91 Å². The van der Waals surface area contributed by atoms with E-state index in [0.29, 0.717) is 36.4 Å². The van der Waals surface area contributed by atoms with Crippen molar-refractivity contribution in [3.05, 3.63) is 71.3 Å². The van der Waals surface area contributed by atoms with Gasteiger partial charge in [-0.25, -0.2) is 0 Å². The molecule has 2 aliphatic heterocycles. The molecule has 0 spiro atoms. The molecule has 3 aliphatic rings. The molecule has 0 radical (unpaired) electrons. The van der Waals surface area contributed by atoms with E-state index < -0.39 is 0 Å². The first kappa shape index (κ1) is 19.8. The average molecular weight is 403 g/mol. The van der Waals surface area contributed by atoms with Crippen LogP contribution in [0.4, 0.5) is 0 Å². The van der Waals surface area contributed by atoms with E-state index in [9.17, 15) is 4.79 Å². The van der Waals surface area contributed by atoms with Crippen LogP contribution in [-0.2, 0) is 24.2 Å². The summed E-state index contributed by atoms with van der Waals surface area (Å²) in [6, 6.07) is 21.4. The molecule has 2 aromatic rings. The first-order valence-electron chi connectivity index (χ1n) is 11.9. The predicted octanol–water partition coefficient (Wildman–Crippen LogP) is 4.84. The van der Waals surface area contributed by atoms with Crippen molar-refractivity contribution in [1.29, 1.82) is 0 Å². The van der Waals surface area contributed by atoms with Crippen LogP contribution >= 0.6 is 0 Å². The number of hydrogen-bond acceptors (Lipinski definition) is 2. The molecule has 1 amide bonds. The molecule has 0 N–H and O–H groups in total. The molecule has 2 aromatic carbocycles. The Hall–Kier alpha value is -2.13. The molecule has 2 fully saturated rings. The average Bonchev–Trinajstić information content (AvgIpc) is 3.29. The number of piperidine rings is 1. The van der Waals surface area contributed by atoms with Gasteiger partial charge in [0.15, 0.2) is 0 Å². The Morgan fingerprint density at radius 3 is 2.13 bits per heavy atom. The van der Waals surface area contributed by atoms with Crippen molar-refractivity contribution in [2.45, 2.75) is 76.5 Å². The van der Waals surface area contributed by atoms with Crippen LogP contribution in [0.15, 0.2) is 54.6 Å². The highest BCUT2D eigenvalue weighted by Crippen LogP contribution is 2.40. The van der Waals surface area contributed by atoms with Gasteiger partial charge in [0, 0.05) is 37.6 Å². The Kier molecular flexibility index (Phi) is 5.64. The molecule has 2 heterocycles.